The summed E-state index contributed by atoms with van der Waals surface area (Å²) in [4.78, 5) is 11.9. The van der Waals surface area contributed by atoms with Crippen LogP contribution in [0.5, 0.6) is 0 Å². The third-order valence-electron chi connectivity index (χ3n) is 3.94. The van der Waals surface area contributed by atoms with Crippen LogP contribution in [0.3, 0.4) is 0 Å². The van der Waals surface area contributed by atoms with Gasteiger partial charge in [0.15, 0.2) is 0 Å². The molecule has 2 rings (SSSR count). The highest BCUT2D eigenvalue weighted by atomic mass is 16.1. The number of hydrogen-bond donors (Lipinski definition) is 1. The van der Waals surface area contributed by atoms with Crippen molar-refractivity contribution in [3.05, 3.63) is 35.4 Å². The lowest BCUT2D eigenvalue weighted by Gasteiger charge is -2.12. The molecule has 1 amide bonds. The van der Waals surface area contributed by atoms with Gasteiger partial charge in [0, 0.05) is 12.5 Å². The molecule has 2 heteroatoms. The van der Waals surface area contributed by atoms with Gasteiger partial charge in [0.1, 0.15) is 0 Å². The molecular formula is C16H23NO. The Balaban J connectivity index is 1.77. The number of carbonyl (C=O) groups is 1. The van der Waals surface area contributed by atoms with Crippen LogP contribution >= 0.6 is 0 Å². The summed E-state index contributed by atoms with van der Waals surface area (Å²) >= 11 is 0. The van der Waals surface area contributed by atoms with E-state index >= 15 is 0 Å². The summed E-state index contributed by atoms with van der Waals surface area (Å²) in [5, 5.41) is 3.16. The topological polar surface area (TPSA) is 29.1 Å². The van der Waals surface area contributed by atoms with Gasteiger partial charge in [-0.15, -0.1) is 0 Å². The maximum Gasteiger partial charge on any atom is 0.220 e. The molecule has 2 nitrogen and oxygen atoms in total. The average Bonchev–Trinajstić information content (AvgIpc) is 2.74. The van der Waals surface area contributed by atoms with Crippen LogP contribution in [-0.2, 0) is 11.2 Å². The molecule has 0 radical (unpaired) electrons. The van der Waals surface area contributed by atoms with Gasteiger partial charge in [-0.3, -0.25) is 4.79 Å². The zero-order valence-electron chi connectivity index (χ0n) is 11.4. The predicted octanol–water partition coefficient (Wildman–Crippen LogP) is 3.23. The fourth-order valence-electron chi connectivity index (χ4n) is 2.78. The van der Waals surface area contributed by atoms with Crippen molar-refractivity contribution in [3.8, 4) is 0 Å². The normalized spacial score (nSPS) is 23.0. The molecule has 0 aromatic heterocycles. The van der Waals surface area contributed by atoms with E-state index in [4.69, 9.17) is 0 Å². The fourth-order valence-corrected chi connectivity index (χ4v) is 2.78. The predicted molar refractivity (Wildman–Crippen MR) is 74.4 cm³/mol. The first-order valence-electron chi connectivity index (χ1n) is 6.99. The van der Waals surface area contributed by atoms with Crippen LogP contribution < -0.4 is 5.32 Å². The number of amides is 1. The summed E-state index contributed by atoms with van der Waals surface area (Å²) in [5.74, 6) is 0.976. The Morgan fingerprint density at radius 2 is 2.11 bits per heavy atom. The van der Waals surface area contributed by atoms with Crippen molar-refractivity contribution >= 4 is 5.91 Å². The van der Waals surface area contributed by atoms with Gasteiger partial charge in [0.2, 0.25) is 5.91 Å². The second-order valence-corrected chi connectivity index (χ2v) is 5.61. The molecule has 0 saturated heterocycles. The first kappa shape index (κ1) is 13.1. The van der Waals surface area contributed by atoms with Gasteiger partial charge >= 0.3 is 0 Å². The lowest BCUT2D eigenvalue weighted by molar-refractivity contribution is -0.121. The molecule has 0 aliphatic heterocycles. The molecule has 1 aromatic rings. The first-order valence-corrected chi connectivity index (χ1v) is 6.99. The highest BCUT2D eigenvalue weighted by Gasteiger charge is 2.22. The van der Waals surface area contributed by atoms with Crippen LogP contribution in [0.4, 0.5) is 0 Å². The third kappa shape index (κ3) is 3.59. The second-order valence-electron chi connectivity index (χ2n) is 5.61. The molecule has 0 heterocycles. The Kier molecular flexibility index (Phi) is 4.40. The zero-order valence-corrected chi connectivity index (χ0v) is 11.4. The summed E-state index contributed by atoms with van der Waals surface area (Å²) in [6.45, 7) is 4.37. The minimum absolute atomic E-state index is 0.206. The molecule has 2 atom stereocenters. The van der Waals surface area contributed by atoms with E-state index in [1.54, 1.807) is 0 Å². The number of carbonyl (C=O) groups excluding carboxylic acids is 1. The van der Waals surface area contributed by atoms with E-state index in [0.717, 1.165) is 25.2 Å². The molecular weight excluding hydrogens is 222 g/mol. The largest absolute Gasteiger partial charge is 0.353 e. The third-order valence-corrected chi connectivity index (χ3v) is 3.94. The van der Waals surface area contributed by atoms with Crippen LogP contribution in [0.1, 0.15) is 43.7 Å². The average molecular weight is 245 g/mol. The van der Waals surface area contributed by atoms with Crippen molar-refractivity contribution in [2.45, 2.75) is 52.0 Å². The summed E-state index contributed by atoms with van der Waals surface area (Å²) in [6.07, 6.45) is 5.01. The lowest BCUT2D eigenvalue weighted by atomic mass is 10.0. The smallest absolute Gasteiger partial charge is 0.220 e. The first-order chi connectivity index (χ1) is 8.65. The van der Waals surface area contributed by atoms with Crippen molar-refractivity contribution in [1.82, 2.24) is 5.32 Å². The summed E-state index contributed by atoms with van der Waals surface area (Å²) in [5.41, 5.74) is 2.56. The van der Waals surface area contributed by atoms with Gasteiger partial charge in [0.05, 0.1) is 0 Å². The van der Waals surface area contributed by atoms with Crippen molar-refractivity contribution in [2.24, 2.45) is 5.92 Å². The van der Waals surface area contributed by atoms with E-state index in [1.165, 1.54) is 17.5 Å². The van der Waals surface area contributed by atoms with E-state index in [1.807, 2.05) is 12.1 Å². The van der Waals surface area contributed by atoms with Crippen LogP contribution in [0.25, 0.3) is 0 Å². The fraction of sp³-hybridized carbons (Fsp3) is 0.562. The van der Waals surface area contributed by atoms with Crippen LogP contribution in [0.15, 0.2) is 24.3 Å². The van der Waals surface area contributed by atoms with Crippen LogP contribution in [0, 0.1) is 12.8 Å². The number of aryl methyl sites for hydroxylation is 2. The molecule has 18 heavy (non-hydrogen) atoms. The Hall–Kier alpha value is -1.31. The molecule has 1 saturated carbocycles. The van der Waals surface area contributed by atoms with Crippen molar-refractivity contribution in [3.63, 3.8) is 0 Å². The monoisotopic (exact) mass is 245 g/mol. The molecule has 1 N–H and O–H groups in total. The molecule has 0 spiro atoms. The van der Waals surface area contributed by atoms with Crippen molar-refractivity contribution in [2.75, 3.05) is 0 Å². The van der Waals surface area contributed by atoms with Crippen LogP contribution in [-0.4, -0.2) is 11.9 Å². The maximum absolute atomic E-state index is 11.9. The van der Waals surface area contributed by atoms with E-state index in [-0.39, 0.29) is 5.91 Å². The van der Waals surface area contributed by atoms with E-state index in [2.05, 4.69) is 31.3 Å². The van der Waals surface area contributed by atoms with E-state index < -0.39 is 0 Å². The number of benzene rings is 1. The molecule has 2 unspecified atom stereocenters. The van der Waals surface area contributed by atoms with Gasteiger partial charge in [-0.05, 0) is 49.7 Å². The number of rotatable bonds is 4. The Bertz CT molecular complexity index is 413. The SMILES string of the molecule is Cc1ccccc1CCC(=O)NC1CCC(C)C1. The Morgan fingerprint density at radius 3 is 2.78 bits per heavy atom. The van der Waals surface area contributed by atoms with Gasteiger partial charge in [0.25, 0.3) is 0 Å². The van der Waals surface area contributed by atoms with E-state index in [9.17, 15) is 4.79 Å². The standard InChI is InChI=1S/C16H23NO/c1-12-7-9-15(11-12)17-16(18)10-8-14-6-4-3-5-13(14)2/h3-6,12,15H,7-11H2,1-2H3,(H,17,18). The second kappa shape index (κ2) is 6.03. The molecule has 98 valence electrons. The Labute approximate surface area is 110 Å². The van der Waals surface area contributed by atoms with Gasteiger partial charge in [-0.25, -0.2) is 0 Å². The number of hydrogen-bond acceptors (Lipinski definition) is 1. The van der Waals surface area contributed by atoms with Gasteiger partial charge in [-0.2, -0.15) is 0 Å². The minimum Gasteiger partial charge on any atom is -0.353 e. The minimum atomic E-state index is 0.206. The zero-order chi connectivity index (χ0) is 13.0. The molecule has 1 fully saturated rings. The van der Waals surface area contributed by atoms with Crippen molar-refractivity contribution < 1.29 is 4.79 Å². The van der Waals surface area contributed by atoms with Crippen LogP contribution in [0.2, 0.25) is 0 Å². The highest BCUT2D eigenvalue weighted by Crippen LogP contribution is 2.24. The van der Waals surface area contributed by atoms with Crippen molar-refractivity contribution in [1.29, 1.82) is 0 Å². The Morgan fingerprint density at radius 1 is 1.33 bits per heavy atom. The molecule has 0 bridgehead atoms. The summed E-state index contributed by atoms with van der Waals surface area (Å²) in [6, 6.07) is 8.72. The highest BCUT2D eigenvalue weighted by molar-refractivity contribution is 5.76. The molecule has 1 aromatic carbocycles. The lowest BCUT2D eigenvalue weighted by Crippen LogP contribution is -2.33. The number of nitrogens with one attached hydrogen (secondary N) is 1. The maximum atomic E-state index is 11.9. The quantitative estimate of drug-likeness (QED) is 0.867. The summed E-state index contributed by atoms with van der Waals surface area (Å²) in [7, 11) is 0. The van der Waals surface area contributed by atoms with Gasteiger partial charge < -0.3 is 5.32 Å². The molecule has 1 aliphatic carbocycles. The van der Waals surface area contributed by atoms with E-state index in [0.29, 0.717) is 12.5 Å². The van der Waals surface area contributed by atoms with Gasteiger partial charge in [-0.1, -0.05) is 31.2 Å². The summed E-state index contributed by atoms with van der Waals surface area (Å²) < 4.78 is 0. The molecule has 1 aliphatic rings.